The molecule has 25 heavy (non-hydrogen) atoms. The maximum atomic E-state index is 10.8. The normalized spacial score (nSPS) is 42.7. The highest BCUT2D eigenvalue weighted by Gasteiger charge is 2.50. The summed E-state index contributed by atoms with van der Waals surface area (Å²) < 4.78 is 0. The van der Waals surface area contributed by atoms with Crippen molar-refractivity contribution >= 4 is 5.97 Å². The van der Waals surface area contributed by atoms with Crippen LogP contribution in [0, 0.1) is 35.5 Å². The molecule has 2 aliphatic carbocycles. The Balaban J connectivity index is 2.16. The van der Waals surface area contributed by atoms with E-state index in [1.807, 2.05) is 19.1 Å². The number of aliphatic carboxylic acids is 1. The quantitative estimate of drug-likeness (QED) is 0.537. The fourth-order valence-corrected chi connectivity index (χ4v) is 4.94. The minimum absolute atomic E-state index is 0.00746. The van der Waals surface area contributed by atoms with Gasteiger partial charge in [-0.25, -0.2) is 4.79 Å². The summed E-state index contributed by atoms with van der Waals surface area (Å²) in [6, 6.07) is 0. The van der Waals surface area contributed by atoms with Crippen molar-refractivity contribution in [3.8, 4) is 0 Å². The molecule has 2 fully saturated rings. The lowest BCUT2D eigenvalue weighted by molar-refractivity contribution is -0.140. The molecular formula is C21H32O4. The van der Waals surface area contributed by atoms with E-state index >= 15 is 0 Å². The lowest BCUT2D eigenvalue weighted by Crippen LogP contribution is -2.55. The van der Waals surface area contributed by atoms with Gasteiger partial charge in [-0.2, -0.15) is 0 Å². The van der Waals surface area contributed by atoms with Gasteiger partial charge in [-0.1, -0.05) is 51.2 Å². The summed E-state index contributed by atoms with van der Waals surface area (Å²) >= 11 is 0. The average Bonchev–Trinajstić information content (AvgIpc) is 2.55. The molecule has 0 aromatic carbocycles. The van der Waals surface area contributed by atoms with E-state index < -0.39 is 18.2 Å². The van der Waals surface area contributed by atoms with Crippen molar-refractivity contribution in [2.24, 2.45) is 35.5 Å². The van der Waals surface area contributed by atoms with Crippen molar-refractivity contribution in [2.75, 3.05) is 0 Å². The van der Waals surface area contributed by atoms with Gasteiger partial charge in [0.15, 0.2) is 0 Å². The van der Waals surface area contributed by atoms with E-state index in [-0.39, 0.29) is 17.8 Å². The molecule has 140 valence electrons. The molecule has 0 heterocycles. The number of aliphatic hydroxyl groups is 2. The Morgan fingerprint density at radius 3 is 2.32 bits per heavy atom. The zero-order chi connectivity index (χ0) is 18.7. The van der Waals surface area contributed by atoms with Gasteiger partial charge < -0.3 is 15.3 Å². The summed E-state index contributed by atoms with van der Waals surface area (Å²) in [4.78, 5) is 10.8. The number of allylic oxidation sites excluding steroid dienone is 5. The van der Waals surface area contributed by atoms with Crippen LogP contribution in [-0.4, -0.2) is 33.5 Å². The average molecular weight is 348 g/mol. The Bertz CT molecular complexity index is 562. The monoisotopic (exact) mass is 348 g/mol. The molecule has 2 aliphatic rings. The predicted octanol–water partition coefficient (Wildman–Crippen LogP) is 3.42. The Morgan fingerprint density at radius 2 is 1.68 bits per heavy atom. The molecular weight excluding hydrogens is 316 g/mol. The zero-order valence-electron chi connectivity index (χ0n) is 15.7. The van der Waals surface area contributed by atoms with Crippen LogP contribution in [0.1, 0.15) is 40.5 Å². The van der Waals surface area contributed by atoms with Crippen molar-refractivity contribution in [1.82, 2.24) is 0 Å². The van der Waals surface area contributed by atoms with Crippen molar-refractivity contribution in [2.45, 2.75) is 52.7 Å². The molecule has 0 unspecified atom stereocenters. The summed E-state index contributed by atoms with van der Waals surface area (Å²) in [6.45, 7) is 8.07. The van der Waals surface area contributed by atoms with Crippen LogP contribution in [0.15, 0.2) is 36.0 Å². The highest BCUT2D eigenvalue weighted by Crippen LogP contribution is 2.50. The van der Waals surface area contributed by atoms with Crippen molar-refractivity contribution in [1.29, 1.82) is 0 Å². The Kier molecular flexibility index (Phi) is 6.64. The third kappa shape index (κ3) is 4.42. The van der Waals surface area contributed by atoms with Gasteiger partial charge in [-0.15, -0.1) is 0 Å². The van der Waals surface area contributed by atoms with Gasteiger partial charge in [0.2, 0.25) is 0 Å². The van der Waals surface area contributed by atoms with Crippen LogP contribution in [0.5, 0.6) is 0 Å². The fourth-order valence-electron chi connectivity index (χ4n) is 4.94. The first-order valence-electron chi connectivity index (χ1n) is 9.35. The van der Waals surface area contributed by atoms with Crippen molar-refractivity contribution < 1.29 is 20.1 Å². The number of carboxylic acids is 1. The molecule has 0 bridgehead atoms. The number of aliphatic hydroxyl groups excluding tert-OH is 2. The van der Waals surface area contributed by atoms with Gasteiger partial charge in [-0.05, 0) is 55.3 Å². The summed E-state index contributed by atoms with van der Waals surface area (Å²) in [6.07, 6.45) is 10.0. The first kappa shape index (κ1) is 19.9. The minimum atomic E-state index is -0.917. The maximum absolute atomic E-state index is 10.8. The van der Waals surface area contributed by atoms with E-state index in [0.717, 1.165) is 12.8 Å². The van der Waals surface area contributed by atoms with Crippen LogP contribution in [0.2, 0.25) is 0 Å². The number of carbonyl (C=O) groups is 1. The summed E-state index contributed by atoms with van der Waals surface area (Å²) in [7, 11) is 0. The highest BCUT2D eigenvalue weighted by atomic mass is 16.4. The van der Waals surface area contributed by atoms with Gasteiger partial charge in [0.25, 0.3) is 0 Å². The molecule has 3 N–H and O–H groups in total. The summed E-state index contributed by atoms with van der Waals surface area (Å²) in [5.41, 5.74) is 0.296. The number of rotatable bonds is 4. The molecule has 0 amide bonds. The van der Waals surface area contributed by atoms with Crippen molar-refractivity contribution in [3.63, 3.8) is 0 Å². The molecule has 0 aromatic rings. The van der Waals surface area contributed by atoms with Crippen LogP contribution >= 0.6 is 0 Å². The Hall–Kier alpha value is -1.39. The molecule has 0 spiro atoms. The first-order valence-corrected chi connectivity index (χ1v) is 9.35. The van der Waals surface area contributed by atoms with Crippen LogP contribution < -0.4 is 0 Å². The molecule has 8 atom stereocenters. The smallest absolute Gasteiger partial charge is 0.331 e. The molecule has 0 aliphatic heterocycles. The number of fused-ring (bicyclic) bond motifs is 1. The number of hydrogen-bond acceptors (Lipinski definition) is 3. The van der Waals surface area contributed by atoms with Gasteiger partial charge in [0, 0.05) is 5.57 Å². The van der Waals surface area contributed by atoms with E-state index in [2.05, 4.69) is 19.9 Å². The SMILES string of the molecule is C\C(=C/C=C/C=C/[C@H]1[C@@H](C)[C@H](O)[C@@H](O)[C@H]2C[C@@H](C)C[C@@H](C)[C@H]12)C(=O)O. The lowest BCUT2D eigenvalue weighted by atomic mass is 9.55. The Labute approximate surface area is 151 Å². The largest absolute Gasteiger partial charge is 0.478 e. The molecule has 0 saturated heterocycles. The second-order valence-corrected chi connectivity index (χ2v) is 8.14. The van der Waals surface area contributed by atoms with E-state index in [9.17, 15) is 15.0 Å². The van der Waals surface area contributed by atoms with Crippen molar-refractivity contribution in [3.05, 3.63) is 36.0 Å². The first-order chi connectivity index (χ1) is 11.7. The molecule has 0 aromatic heterocycles. The highest BCUT2D eigenvalue weighted by molar-refractivity contribution is 5.86. The topological polar surface area (TPSA) is 77.8 Å². The second-order valence-electron chi connectivity index (χ2n) is 8.14. The molecule has 4 nitrogen and oxygen atoms in total. The number of hydrogen-bond donors (Lipinski definition) is 3. The van der Waals surface area contributed by atoms with Gasteiger partial charge in [0.05, 0.1) is 12.2 Å². The van der Waals surface area contributed by atoms with E-state index in [1.54, 1.807) is 19.1 Å². The van der Waals surface area contributed by atoms with Crippen LogP contribution in [0.3, 0.4) is 0 Å². The van der Waals surface area contributed by atoms with Crippen LogP contribution in [0.4, 0.5) is 0 Å². The molecule has 2 saturated carbocycles. The van der Waals surface area contributed by atoms with Gasteiger partial charge in [0.1, 0.15) is 0 Å². The second kappa shape index (κ2) is 8.33. The standard InChI is InChI=1S/C21H32O4/c1-12-10-14(3)18-16(9-7-5-6-8-13(2)21(24)25)15(4)19(22)20(23)17(18)11-12/h5-9,12,14-20,22-23H,10-11H2,1-4H3,(H,24,25)/b6-5+,9-7+,13-8+/t12-,14+,15+,16-,17-,18+,19-,20-/m0/s1. The molecule has 2 rings (SSSR count). The maximum Gasteiger partial charge on any atom is 0.331 e. The van der Waals surface area contributed by atoms with E-state index in [1.165, 1.54) is 0 Å². The zero-order valence-corrected chi connectivity index (χ0v) is 15.7. The Morgan fingerprint density at radius 1 is 1.00 bits per heavy atom. The third-order valence-corrected chi connectivity index (χ3v) is 6.22. The summed E-state index contributed by atoms with van der Waals surface area (Å²) in [5, 5.41) is 29.9. The summed E-state index contributed by atoms with van der Waals surface area (Å²) in [5.74, 6) is 0.947. The fraction of sp³-hybridized carbons (Fsp3) is 0.667. The van der Waals surface area contributed by atoms with Gasteiger partial charge in [-0.3, -0.25) is 0 Å². The third-order valence-electron chi connectivity index (χ3n) is 6.22. The molecule has 4 heteroatoms. The van der Waals surface area contributed by atoms with E-state index in [0.29, 0.717) is 23.3 Å². The van der Waals surface area contributed by atoms with E-state index in [4.69, 9.17) is 5.11 Å². The minimum Gasteiger partial charge on any atom is -0.478 e. The van der Waals surface area contributed by atoms with Gasteiger partial charge >= 0.3 is 5.97 Å². The lowest BCUT2D eigenvalue weighted by Gasteiger charge is -2.52. The van der Waals surface area contributed by atoms with Crippen LogP contribution in [0.25, 0.3) is 0 Å². The molecule has 0 radical (unpaired) electrons. The predicted molar refractivity (Wildman–Crippen MR) is 98.9 cm³/mol. The number of carboxylic acid groups (broad SMARTS) is 1. The van der Waals surface area contributed by atoms with Crippen LogP contribution in [-0.2, 0) is 4.79 Å².